The maximum Gasteiger partial charge on any atom is 0.387 e. The Bertz CT molecular complexity index is 1220. The second-order valence-electron chi connectivity index (χ2n) is 6.78. The number of pyridine rings is 1. The number of anilines is 1. The van der Waals surface area contributed by atoms with Crippen molar-refractivity contribution in [3.8, 4) is 5.75 Å². The molecule has 0 aliphatic rings. The van der Waals surface area contributed by atoms with E-state index in [0.29, 0.717) is 5.69 Å². The molecule has 0 aliphatic carbocycles. The third kappa shape index (κ3) is 4.07. The highest BCUT2D eigenvalue weighted by Gasteiger charge is 2.21. The Morgan fingerprint density at radius 1 is 1.27 bits per heavy atom. The lowest BCUT2D eigenvalue weighted by molar-refractivity contribution is -0.0493. The third-order valence-corrected chi connectivity index (χ3v) is 4.47. The Morgan fingerprint density at radius 2 is 1.97 bits per heavy atom. The number of aromatic amines is 1. The fraction of sp³-hybridized carbons (Fsp3) is 0.300. The first-order valence-electron chi connectivity index (χ1n) is 9.25. The number of fused-ring (bicyclic) bond motifs is 1. The van der Waals surface area contributed by atoms with E-state index in [4.69, 9.17) is 0 Å². The lowest BCUT2D eigenvalue weighted by atomic mass is 10.0. The largest absolute Gasteiger partial charge is 0.433 e. The number of H-pyrrole nitrogens is 1. The van der Waals surface area contributed by atoms with Gasteiger partial charge >= 0.3 is 12.3 Å². The predicted molar refractivity (Wildman–Crippen MR) is 107 cm³/mol. The summed E-state index contributed by atoms with van der Waals surface area (Å²) in [5, 5.41) is 2.44. The summed E-state index contributed by atoms with van der Waals surface area (Å²) < 4.78 is 31.0. The first-order valence-corrected chi connectivity index (χ1v) is 9.25. The maximum atomic E-state index is 13.1. The second-order valence-corrected chi connectivity index (χ2v) is 6.78. The normalized spacial score (nSPS) is 11.3. The van der Waals surface area contributed by atoms with Crippen molar-refractivity contribution in [3.05, 3.63) is 62.4 Å². The Labute approximate surface area is 169 Å². The van der Waals surface area contributed by atoms with Crippen molar-refractivity contribution in [2.24, 2.45) is 0 Å². The van der Waals surface area contributed by atoms with E-state index >= 15 is 0 Å². The van der Waals surface area contributed by atoms with Gasteiger partial charge in [-0.1, -0.05) is 26.0 Å². The molecule has 2 N–H and O–H groups in total. The molecule has 0 saturated heterocycles. The van der Waals surface area contributed by atoms with Gasteiger partial charge in [0.05, 0.1) is 16.6 Å². The van der Waals surface area contributed by atoms with Crippen LogP contribution in [0.15, 0.2) is 39.9 Å². The Hall–Kier alpha value is -3.56. The van der Waals surface area contributed by atoms with E-state index in [1.807, 2.05) is 13.8 Å². The fourth-order valence-corrected chi connectivity index (χ4v) is 3.02. The molecule has 3 rings (SSSR count). The van der Waals surface area contributed by atoms with Crippen LogP contribution in [0.5, 0.6) is 5.75 Å². The molecular formula is C20H20F2N4O4. The van der Waals surface area contributed by atoms with Crippen LogP contribution in [0.4, 0.5) is 14.5 Å². The molecular weight excluding hydrogens is 398 g/mol. The molecule has 0 saturated carbocycles. The molecule has 3 aromatic rings. The zero-order chi connectivity index (χ0) is 22.0. The van der Waals surface area contributed by atoms with E-state index in [2.05, 4.69) is 20.0 Å². The quantitative estimate of drug-likeness (QED) is 0.640. The average Bonchev–Trinajstić information content (AvgIpc) is 2.68. The average molecular weight is 418 g/mol. The number of nitrogens with zero attached hydrogens (tertiary/aromatic N) is 2. The van der Waals surface area contributed by atoms with Crippen molar-refractivity contribution in [1.29, 1.82) is 0 Å². The number of amides is 1. The summed E-state index contributed by atoms with van der Waals surface area (Å²) in [5.74, 6) is -1.04. The van der Waals surface area contributed by atoms with E-state index in [1.165, 1.54) is 28.8 Å². The molecule has 158 valence electrons. The van der Waals surface area contributed by atoms with Crippen LogP contribution in [0.1, 0.15) is 42.7 Å². The van der Waals surface area contributed by atoms with E-state index in [0.717, 1.165) is 0 Å². The van der Waals surface area contributed by atoms with Crippen LogP contribution in [0.25, 0.3) is 11.0 Å². The van der Waals surface area contributed by atoms with Gasteiger partial charge in [0, 0.05) is 12.2 Å². The van der Waals surface area contributed by atoms with Crippen LogP contribution < -0.4 is 21.3 Å². The number of ether oxygens (including phenoxy) is 1. The fourth-order valence-electron chi connectivity index (χ4n) is 3.02. The third-order valence-electron chi connectivity index (χ3n) is 4.47. The molecule has 0 aliphatic heterocycles. The molecule has 0 unspecified atom stereocenters. The van der Waals surface area contributed by atoms with Gasteiger partial charge in [0.2, 0.25) is 0 Å². The van der Waals surface area contributed by atoms with Gasteiger partial charge in [0.25, 0.3) is 11.5 Å². The standard InChI is InChI=1S/C20H20F2N4O4/c1-4-26-16-15(18(28)25-20(26)29)11(9-13(23-16)10(2)3)17(27)24-12-7-5-6-8-14(12)30-19(21)22/h5-10,19H,4H2,1-3H3,(H,24,27)(H,25,28,29). The van der Waals surface area contributed by atoms with Crippen molar-refractivity contribution in [2.75, 3.05) is 5.32 Å². The van der Waals surface area contributed by atoms with Gasteiger partial charge in [-0.05, 0) is 31.0 Å². The minimum Gasteiger partial charge on any atom is -0.433 e. The zero-order valence-electron chi connectivity index (χ0n) is 16.5. The van der Waals surface area contributed by atoms with Crippen LogP contribution in [0.3, 0.4) is 0 Å². The number of aryl methyl sites for hydroxylation is 1. The van der Waals surface area contributed by atoms with Crippen LogP contribution in [0.2, 0.25) is 0 Å². The number of rotatable bonds is 6. The van der Waals surface area contributed by atoms with E-state index in [-0.39, 0.29) is 40.5 Å². The molecule has 1 amide bonds. The predicted octanol–water partition coefficient (Wildman–Crippen LogP) is 3.08. The minimum atomic E-state index is -3.07. The molecule has 30 heavy (non-hydrogen) atoms. The molecule has 0 atom stereocenters. The second kappa shape index (κ2) is 8.44. The van der Waals surface area contributed by atoms with Crippen LogP contribution in [0, 0.1) is 0 Å². The van der Waals surface area contributed by atoms with Crippen LogP contribution in [-0.2, 0) is 6.54 Å². The number of alkyl halides is 2. The van der Waals surface area contributed by atoms with Gasteiger partial charge in [-0.2, -0.15) is 8.78 Å². The molecule has 0 fully saturated rings. The smallest absolute Gasteiger partial charge is 0.387 e. The topological polar surface area (TPSA) is 106 Å². The summed E-state index contributed by atoms with van der Waals surface area (Å²) in [5.41, 5.74) is -0.829. The van der Waals surface area contributed by atoms with Crippen molar-refractivity contribution >= 4 is 22.6 Å². The van der Waals surface area contributed by atoms with E-state index in [9.17, 15) is 23.2 Å². The molecule has 2 heterocycles. The number of halogens is 2. The van der Waals surface area contributed by atoms with E-state index < -0.39 is 23.8 Å². The highest BCUT2D eigenvalue weighted by atomic mass is 19.3. The lowest BCUT2D eigenvalue weighted by Gasteiger charge is -2.15. The lowest BCUT2D eigenvalue weighted by Crippen LogP contribution is -2.32. The van der Waals surface area contributed by atoms with Crippen molar-refractivity contribution in [2.45, 2.75) is 39.8 Å². The molecule has 0 bridgehead atoms. The first-order chi connectivity index (χ1) is 14.2. The zero-order valence-corrected chi connectivity index (χ0v) is 16.5. The Morgan fingerprint density at radius 3 is 2.60 bits per heavy atom. The Kier molecular flexibility index (Phi) is 5.95. The van der Waals surface area contributed by atoms with E-state index in [1.54, 1.807) is 13.0 Å². The van der Waals surface area contributed by atoms with Crippen molar-refractivity contribution < 1.29 is 18.3 Å². The number of para-hydroxylation sites is 2. The Balaban J connectivity index is 2.19. The van der Waals surface area contributed by atoms with Gasteiger partial charge in [-0.25, -0.2) is 9.78 Å². The SMILES string of the molecule is CCn1c(=O)[nH]c(=O)c2c(C(=O)Nc3ccccc3OC(F)F)cc(C(C)C)nc21. The number of aromatic nitrogens is 3. The number of nitrogens with one attached hydrogen (secondary N) is 2. The van der Waals surface area contributed by atoms with Gasteiger partial charge in [-0.3, -0.25) is 19.1 Å². The molecule has 2 aromatic heterocycles. The first kappa shape index (κ1) is 21.2. The monoisotopic (exact) mass is 418 g/mol. The molecule has 1 aromatic carbocycles. The summed E-state index contributed by atoms with van der Waals surface area (Å²) >= 11 is 0. The van der Waals surface area contributed by atoms with Gasteiger partial charge in [0.1, 0.15) is 5.75 Å². The molecule has 0 spiro atoms. The van der Waals surface area contributed by atoms with Crippen LogP contribution >= 0.6 is 0 Å². The van der Waals surface area contributed by atoms with Gasteiger partial charge < -0.3 is 10.1 Å². The van der Waals surface area contributed by atoms with Crippen molar-refractivity contribution in [3.63, 3.8) is 0 Å². The minimum absolute atomic E-state index is 0.0131. The number of hydrogen-bond acceptors (Lipinski definition) is 5. The van der Waals surface area contributed by atoms with Gasteiger partial charge in [-0.15, -0.1) is 0 Å². The highest BCUT2D eigenvalue weighted by Crippen LogP contribution is 2.27. The summed E-state index contributed by atoms with van der Waals surface area (Å²) in [6.45, 7) is 2.57. The highest BCUT2D eigenvalue weighted by molar-refractivity contribution is 6.12. The molecule has 0 radical (unpaired) electrons. The number of carbonyl (C=O) groups is 1. The molecule has 10 heteroatoms. The number of carbonyl (C=O) groups excluding carboxylic acids is 1. The number of benzene rings is 1. The molecule has 8 nitrogen and oxygen atoms in total. The van der Waals surface area contributed by atoms with Crippen LogP contribution in [-0.4, -0.2) is 27.1 Å². The summed E-state index contributed by atoms with van der Waals surface area (Å²) in [6, 6.07) is 7.16. The van der Waals surface area contributed by atoms with Crippen molar-refractivity contribution in [1.82, 2.24) is 14.5 Å². The maximum absolute atomic E-state index is 13.1. The number of hydrogen-bond donors (Lipinski definition) is 2. The summed E-state index contributed by atoms with van der Waals surface area (Å²) in [7, 11) is 0. The van der Waals surface area contributed by atoms with Gasteiger partial charge in [0.15, 0.2) is 5.65 Å². The summed E-state index contributed by atoms with van der Waals surface area (Å²) in [6.07, 6.45) is 0. The summed E-state index contributed by atoms with van der Waals surface area (Å²) in [4.78, 5) is 44.3.